The fraction of sp³-hybridized carbons (Fsp3) is 0.370. The zero-order chi connectivity index (χ0) is 21.7. The molecule has 1 unspecified atom stereocenters. The van der Waals surface area contributed by atoms with E-state index >= 15 is 0 Å². The Kier molecular flexibility index (Phi) is 6.81. The fourth-order valence-electron chi connectivity index (χ4n) is 3.91. The summed E-state index contributed by atoms with van der Waals surface area (Å²) >= 11 is 0. The molecule has 3 heteroatoms. The third kappa shape index (κ3) is 5.21. The van der Waals surface area contributed by atoms with Gasteiger partial charge >= 0.3 is 0 Å². The highest BCUT2D eigenvalue weighted by Crippen LogP contribution is 2.36. The molecule has 0 bridgehead atoms. The summed E-state index contributed by atoms with van der Waals surface area (Å²) in [7, 11) is 1.69. The van der Waals surface area contributed by atoms with Crippen molar-refractivity contribution in [2.45, 2.75) is 46.0 Å². The Morgan fingerprint density at radius 2 is 1.80 bits per heavy atom. The molecule has 158 valence electrons. The van der Waals surface area contributed by atoms with Crippen molar-refractivity contribution in [3.63, 3.8) is 0 Å². The zero-order valence-corrected chi connectivity index (χ0v) is 18.8. The summed E-state index contributed by atoms with van der Waals surface area (Å²) < 4.78 is 5.37. The van der Waals surface area contributed by atoms with Crippen LogP contribution in [0.5, 0.6) is 5.75 Å². The van der Waals surface area contributed by atoms with Gasteiger partial charge in [0.2, 0.25) is 0 Å². The van der Waals surface area contributed by atoms with Crippen molar-refractivity contribution >= 4 is 11.4 Å². The molecule has 0 fully saturated rings. The van der Waals surface area contributed by atoms with Crippen molar-refractivity contribution in [1.82, 2.24) is 5.32 Å². The van der Waals surface area contributed by atoms with Crippen molar-refractivity contribution in [2.75, 3.05) is 13.7 Å². The van der Waals surface area contributed by atoms with Gasteiger partial charge in [-0.3, -0.25) is 4.79 Å². The van der Waals surface area contributed by atoms with E-state index in [1.807, 2.05) is 12.1 Å². The van der Waals surface area contributed by atoms with Crippen LogP contribution in [0.25, 0.3) is 5.57 Å². The molecule has 3 nitrogen and oxygen atoms in total. The van der Waals surface area contributed by atoms with Crippen LogP contribution >= 0.6 is 0 Å². The number of nitrogens with one attached hydrogen (secondary N) is 1. The van der Waals surface area contributed by atoms with Gasteiger partial charge in [-0.1, -0.05) is 70.2 Å². The Hall–Kier alpha value is -2.81. The molecule has 1 atom stereocenters. The standard InChI is InChI=1S/C27H33NO2/c1-6-24-25(20-8-7-9-23(17-20)30-5)14-15-26(24)28-18-22(29)16-19-10-12-21(13-11-19)27(2,3)4/h7-15,17,24,28H,6,16,18H2,1-5H3. The molecule has 1 N–H and O–H groups in total. The van der Waals surface area contributed by atoms with Crippen molar-refractivity contribution in [3.8, 4) is 5.75 Å². The van der Waals surface area contributed by atoms with Crippen LogP contribution in [0.4, 0.5) is 0 Å². The van der Waals surface area contributed by atoms with E-state index in [1.54, 1.807) is 7.11 Å². The smallest absolute Gasteiger partial charge is 0.156 e. The van der Waals surface area contributed by atoms with E-state index < -0.39 is 0 Å². The monoisotopic (exact) mass is 403 g/mol. The molecule has 1 aliphatic carbocycles. The van der Waals surface area contributed by atoms with Crippen LogP contribution in [0.2, 0.25) is 0 Å². The van der Waals surface area contributed by atoms with Crippen LogP contribution in [-0.2, 0) is 16.6 Å². The number of allylic oxidation sites excluding steroid dienone is 3. The number of hydrogen-bond donors (Lipinski definition) is 1. The number of carbonyl (C=O) groups is 1. The average Bonchev–Trinajstić information content (AvgIpc) is 3.15. The number of methoxy groups -OCH3 is 1. The molecule has 0 heterocycles. The van der Waals surface area contributed by atoms with Gasteiger partial charge < -0.3 is 10.1 Å². The van der Waals surface area contributed by atoms with E-state index in [0.717, 1.165) is 23.4 Å². The molecule has 0 radical (unpaired) electrons. The molecule has 0 amide bonds. The molecule has 30 heavy (non-hydrogen) atoms. The summed E-state index contributed by atoms with van der Waals surface area (Å²) in [5.41, 5.74) is 6.03. The Morgan fingerprint density at radius 3 is 2.43 bits per heavy atom. The third-order valence-corrected chi connectivity index (χ3v) is 5.72. The van der Waals surface area contributed by atoms with Gasteiger partial charge in [0.15, 0.2) is 5.78 Å². The first-order valence-corrected chi connectivity index (χ1v) is 10.7. The lowest BCUT2D eigenvalue weighted by atomic mass is 9.86. The molecular weight excluding hydrogens is 370 g/mol. The van der Waals surface area contributed by atoms with Crippen molar-refractivity contribution in [3.05, 3.63) is 83.1 Å². The summed E-state index contributed by atoms with van der Waals surface area (Å²) in [6.45, 7) is 9.12. The highest BCUT2D eigenvalue weighted by Gasteiger charge is 2.23. The number of hydrogen-bond acceptors (Lipinski definition) is 3. The van der Waals surface area contributed by atoms with Crippen molar-refractivity contribution in [2.24, 2.45) is 5.92 Å². The zero-order valence-electron chi connectivity index (χ0n) is 18.8. The topological polar surface area (TPSA) is 38.3 Å². The largest absolute Gasteiger partial charge is 0.497 e. The number of Topliss-reactive ketones (excluding diaryl/α,β-unsaturated/α-hetero) is 1. The second-order valence-electron chi connectivity index (χ2n) is 8.95. The summed E-state index contributed by atoms with van der Waals surface area (Å²) in [5, 5.41) is 3.39. The van der Waals surface area contributed by atoms with Crippen molar-refractivity contribution < 1.29 is 9.53 Å². The van der Waals surface area contributed by atoms with E-state index in [0.29, 0.717) is 13.0 Å². The van der Waals surface area contributed by atoms with Crippen LogP contribution in [-0.4, -0.2) is 19.4 Å². The number of ether oxygens (including phenoxy) is 1. The molecule has 0 spiro atoms. The van der Waals surface area contributed by atoms with Crippen LogP contribution in [0, 0.1) is 5.92 Å². The van der Waals surface area contributed by atoms with Crippen LogP contribution in [0.3, 0.4) is 0 Å². The van der Waals surface area contributed by atoms with E-state index in [-0.39, 0.29) is 17.1 Å². The number of benzene rings is 2. The van der Waals surface area contributed by atoms with Crippen LogP contribution < -0.4 is 10.1 Å². The van der Waals surface area contributed by atoms with Gasteiger partial charge in [0.1, 0.15) is 5.75 Å². The predicted octanol–water partition coefficient (Wildman–Crippen LogP) is 5.70. The van der Waals surface area contributed by atoms with Crippen LogP contribution in [0.15, 0.2) is 66.4 Å². The van der Waals surface area contributed by atoms with Gasteiger partial charge in [-0.05, 0) is 52.3 Å². The normalized spacial score (nSPS) is 16.1. The molecule has 1 aliphatic rings. The average molecular weight is 404 g/mol. The fourth-order valence-corrected chi connectivity index (χ4v) is 3.91. The molecule has 2 aromatic rings. The highest BCUT2D eigenvalue weighted by molar-refractivity contribution is 5.83. The first-order chi connectivity index (χ1) is 14.3. The Labute approximate surface area is 180 Å². The molecular formula is C27H33NO2. The second kappa shape index (κ2) is 9.34. The number of carbonyl (C=O) groups excluding carboxylic acids is 1. The molecule has 3 rings (SSSR count). The quantitative estimate of drug-likeness (QED) is 0.614. The molecule has 0 saturated carbocycles. The third-order valence-electron chi connectivity index (χ3n) is 5.72. The second-order valence-corrected chi connectivity index (χ2v) is 8.95. The SMILES string of the molecule is CCC1C(NCC(=O)Cc2ccc(C(C)(C)C)cc2)=CC=C1c1cccc(OC)c1. The molecule has 0 aliphatic heterocycles. The van der Waals surface area contributed by atoms with E-state index in [4.69, 9.17) is 4.74 Å². The maximum atomic E-state index is 12.6. The molecule has 2 aromatic carbocycles. The minimum atomic E-state index is 0.127. The highest BCUT2D eigenvalue weighted by atomic mass is 16.5. The molecule has 0 saturated heterocycles. The summed E-state index contributed by atoms with van der Waals surface area (Å²) in [6.07, 6.45) is 5.69. The first kappa shape index (κ1) is 21.9. The summed E-state index contributed by atoms with van der Waals surface area (Å²) in [6, 6.07) is 16.6. The van der Waals surface area contributed by atoms with Gasteiger partial charge in [0.05, 0.1) is 13.7 Å². The molecule has 0 aromatic heterocycles. The van der Waals surface area contributed by atoms with Gasteiger partial charge in [0.25, 0.3) is 0 Å². The van der Waals surface area contributed by atoms with Gasteiger partial charge in [0, 0.05) is 18.0 Å². The van der Waals surface area contributed by atoms with Gasteiger partial charge in [-0.25, -0.2) is 0 Å². The maximum absolute atomic E-state index is 12.6. The van der Waals surface area contributed by atoms with E-state index in [1.165, 1.54) is 16.7 Å². The van der Waals surface area contributed by atoms with Gasteiger partial charge in [-0.15, -0.1) is 0 Å². The first-order valence-electron chi connectivity index (χ1n) is 10.7. The number of ketones is 1. The Bertz CT molecular complexity index is 946. The lowest BCUT2D eigenvalue weighted by molar-refractivity contribution is -0.117. The predicted molar refractivity (Wildman–Crippen MR) is 125 cm³/mol. The van der Waals surface area contributed by atoms with E-state index in [2.05, 4.69) is 81.6 Å². The Balaban J connectivity index is 1.57. The van der Waals surface area contributed by atoms with Crippen LogP contribution in [0.1, 0.15) is 50.8 Å². The minimum Gasteiger partial charge on any atom is -0.497 e. The Morgan fingerprint density at radius 1 is 1.07 bits per heavy atom. The number of rotatable bonds is 8. The van der Waals surface area contributed by atoms with Gasteiger partial charge in [-0.2, -0.15) is 0 Å². The summed E-state index contributed by atoms with van der Waals surface area (Å²) in [4.78, 5) is 12.6. The minimum absolute atomic E-state index is 0.127. The lowest BCUT2D eigenvalue weighted by Gasteiger charge is -2.20. The van der Waals surface area contributed by atoms with Crippen molar-refractivity contribution in [1.29, 1.82) is 0 Å². The lowest BCUT2D eigenvalue weighted by Crippen LogP contribution is -2.26. The summed E-state index contributed by atoms with van der Waals surface area (Å²) in [5.74, 6) is 1.33. The maximum Gasteiger partial charge on any atom is 0.156 e. The van der Waals surface area contributed by atoms with E-state index in [9.17, 15) is 4.79 Å².